The van der Waals surface area contributed by atoms with Crippen LogP contribution in [0.2, 0.25) is 0 Å². The average molecular weight is 385 g/mol. The molecular formula is C16H23N3O8. The zero-order valence-corrected chi connectivity index (χ0v) is 15.1. The Kier molecular flexibility index (Phi) is 6.51. The van der Waals surface area contributed by atoms with Gasteiger partial charge in [0.15, 0.2) is 0 Å². The first-order valence-electron chi connectivity index (χ1n) is 7.70. The monoisotopic (exact) mass is 385 g/mol. The van der Waals surface area contributed by atoms with Crippen LogP contribution in [0.4, 0.5) is 4.79 Å². The summed E-state index contributed by atoms with van der Waals surface area (Å²) in [5.41, 5.74) is 3.20. The van der Waals surface area contributed by atoms with E-state index in [9.17, 15) is 24.6 Å². The van der Waals surface area contributed by atoms with Crippen LogP contribution in [0.5, 0.6) is 0 Å². The second-order valence-electron chi connectivity index (χ2n) is 6.68. The van der Waals surface area contributed by atoms with Crippen LogP contribution in [0.3, 0.4) is 0 Å². The van der Waals surface area contributed by atoms with E-state index in [0.717, 1.165) is 0 Å². The van der Waals surface area contributed by atoms with E-state index in [1.165, 1.54) is 20.8 Å². The number of carboxylic acids is 2. The van der Waals surface area contributed by atoms with E-state index in [0.29, 0.717) is 5.56 Å². The summed E-state index contributed by atoms with van der Waals surface area (Å²) in [7, 11) is 0. The van der Waals surface area contributed by atoms with Gasteiger partial charge in [-0.1, -0.05) is 30.3 Å². The molecule has 1 aromatic carbocycles. The number of aliphatic carboxylic acids is 2. The molecule has 0 aliphatic rings. The van der Waals surface area contributed by atoms with Crippen LogP contribution in [0.25, 0.3) is 0 Å². The molecule has 0 bridgehead atoms. The lowest BCUT2D eigenvalue weighted by molar-refractivity contribution is -0.258. The molecule has 0 saturated heterocycles. The Hall–Kier alpha value is -2.73. The minimum absolute atomic E-state index is 0.0816. The lowest BCUT2D eigenvalue weighted by Crippen LogP contribution is -2.81. The Balaban J connectivity index is 3.37. The SMILES string of the molecule is CC(C)(C)OC(=O)N(OCc1ccccc1)[C@](N)(C(=O)O)C(N)(O)C(=O)O. The minimum Gasteiger partial charge on any atom is -0.478 e. The first-order valence-corrected chi connectivity index (χ1v) is 7.70. The van der Waals surface area contributed by atoms with Crippen LogP contribution in [0.15, 0.2) is 30.3 Å². The largest absolute Gasteiger partial charge is 0.478 e. The Morgan fingerprint density at radius 3 is 1.96 bits per heavy atom. The molecule has 1 amide bonds. The molecule has 1 aromatic rings. The maximum Gasteiger partial charge on any atom is 0.437 e. The lowest BCUT2D eigenvalue weighted by Gasteiger charge is -2.42. The summed E-state index contributed by atoms with van der Waals surface area (Å²) in [6.07, 6.45) is -1.45. The molecule has 0 aliphatic heterocycles. The van der Waals surface area contributed by atoms with Gasteiger partial charge in [0, 0.05) is 0 Å². The summed E-state index contributed by atoms with van der Waals surface area (Å²) in [6, 6.07) is 8.21. The van der Waals surface area contributed by atoms with Gasteiger partial charge in [0.2, 0.25) is 0 Å². The number of aliphatic hydroxyl groups is 1. The van der Waals surface area contributed by atoms with Crippen molar-refractivity contribution in [2.75, 3.05) is 0 Å². The fourth-order valence-corrected chi connectivity index (χ4v) is 1.88. The topological polar surface area (TPSA) is 186 Å². The van der Waals surface area contributed by atoms with Gasteiger partial charge in [-0.2, -0.15) is 0 Å². The van der Waals surface area contributed by atoms with E-state index in [4.69, 9.17) is 26.1 Å². The molecule has 0 heterocycles. The summed E-state index contributed by atoms with van der Waals surface area (Å²) in [5.74, 6) is -4.32. The molecule has 0 saturated carbocycles. The maximum atomic E-state index is 12.5. The summed E-state index contributed by atoms with van der Waals surface area (Å²) in [4.78, 5) is 40.7. The molecule has 0 spiro atoms. The van der Waals surface area contributed by atoms with Crippen LogP contribution >= 0.6 is 0 Å². The van der Waals surface area contributed by atoms with Gasteiger partial charge in [0.1, 0.15) is 12.2 Å². The Bertz CT molecular complexity index is 701. The summed E-state index contributed by atoms with van der Waals surface area (Å²) < 4.78 is 5.02. The number of nitrogens with zero attached hydrogens (tertiary/aromatic N) is 1. The molecule has 0 aliphatic carbocycles. The number of hydrogen-bond acceptors (Lipinski definition) is 8. The molecule has 11 nitrogen and oxygen atoms in total. The Morgan fingerprint density at radius 2 is 1.56 bits per heavy atom. The van der Waals surface area contributed by atoms with E-state index in [1.54, 1.807) is 30.3 Å². The van der Waals surface area contributed by atoms with E-state index in [-0.39, 0.29) is 11.7 Å². The quantitative estimate of drug-likeness (QED) is 0.311. The molecule has 150 valence electrons. The Labute approximate surface area is 155 Å². The number of carbonyl (C=O) groups excluding carboxylic acids is 1. The summed E-state index contributed by atoms with van der Waals surface area (Å²) in [5, 5.41) is 28.6. The number of amides is 1. The molecule has 11 heteroatoms. The van der Waals surface area contributed by atoms with Crippen molar-refractivity contribution >= 4 is 18.0 Å². The fraction of sp³-hybridized carbons (Fsp3) is 0.438. The van der Waals surface area contributed by atoms with Crippen LogP contribution in [0.1, 0.15) is 26.3 Å². The van der Waals surface area contributed by atoms with Gasteiger partial charge in [-0.3, -0.25) is 16.3 Å². The van der Waals surface area contributed by atoms with Crippen molar-refractivity contribution in [3.05, 3.63) is 35.9 Å². The second-order valence-corrected chi connectivity index (χ2v) is 6.68. The lowest BCUT2D eigenvalue weighted by atomic mass is 9.97. The number of carboxylic acid groups (broad SMARTS) is 2. The van der Waals surface area contributed by atoms with Crippen molar-refractivity contribution in [1.29, 1.82) is 0 Å². The molecule has 0 aromatic heterocycles. The molecule has 27 heavy (non-hydrogen) atoms. The van der Waals surface area contributed by atoms with Crippen LogP contribution < -0.4 is 11.5 Å². The predicted octanol–water partition coefficient (Wildman–Crippen LogP) is -0.173. The van der Waals surface area contributed by atoms with Crippen molar-refractivity contribution < 1.29 is 39.3 Å². The van der Waals surface area contributed by atoms with Crippen molar-refractivity contribution in [1.82, 2.24) is 5.06 Å². The van der Waals surface area contributed by atoms with Gasteiger partial charge in [-0.05, 0) is 26.3 Å². The average Bonchev–Trinajstić information content (AvgIpc) is 2.53. The van der Waals surface area contributed by atoms with Crippen molar-refractivity contribution in [3.8, 4) is 0 Å². The first-order chi connectivity index (χ1) is 12.2. The number of carbonyl (C=O) groups is 3. The van der Waals surface area contributed by atoms with E-state index < -0.39 is 35.0 Å². The van der Waals surface area contributed by atoms with E-state index in [2.05, 4.69) is 0 Å². The summed E-state index contributed by atoms with van der Waals surface area (Å²) in [6.45, 7) is 4.04. The second kappa shape index (κ2) is 7.88. The minimum atomic E-state index is -3.60. The Morgan fingerprint density at radius 1 is 1.04 bits per heavy atom. The van der Waals surface area contributed by atoms with Gasteiger partial charge >= 0.3 is 18.0 Å². The molecular weight excluding hydrogens is 362 g/mol. The van der Waals surface area contributed by atoms with Crippen molar-refractivity contribution in [2.45, 2.75) is 44.4 Å². The molecule has 0 radical (unpaired) electrons. The normalized spacial score (nSPS) is 15.9. The van der Waals surface area contributed by atoms with Gasteiger partial charge < -0.3 is 20.1 Å². The third kappa shape index (κ3) is 4.92. The van der Waals surface area contributed by atoms with E-state index in [1.807, 2.05) is 0 Å². The number of rotatable bonds is 7. The van der Waals surface area contributed by atoms with Crippen LogP contribution in [-0.2, 0) is 25.8 Å². The van der Waals surface area contributed by atoms with Crippen LogP contribution in [-0.4, -0.2) is 55.4 Å². The highest BCUT2D eigenvalue weighted by atomic mass is 16.7. The molecule has 0 fully saturated rings. The highest BCUT2D eigenvalue weighted by Crippen LogP contribution is 2.25. The first kappa shape index (κ1) is 22.3. The van der Waals surface area contributed by atoms with Crippen molar-refractivity contribution in [2.24, 2.45) is 11.5 Å². The zero-order chi connectivity index (χ0) is 21.0. The standard InChI is InChI=1S/C16H23N3O8/c1-14(2,3)27-13(24)19(26-9-10-7-5-4-6-8-10)15(17,11(20)21)16(18,25)12(22)23/h4-8,25H,9,17-18H2,1-3H3,(H,20,21)(H,22,23)/t15-,16?/m1/s1. The van der Waals surface area contributed by atoms with Crippen LogP contribution in [0, 0.1) is 0 Å². The molecule has 1 unspecified atom stereocenters. The zero-order valence-electron chi connectivity index (χ0n) is 15.1. The van der Waals surface area contributed by atoms with Gasteiger partial charge in [-0.15, -0.1) is 5.06 Å². The highest BCUT2D eigenvalue weighted by molar-refractivity contribution is 5.93. The highest BCUT2D eigenvalue weighted by Gasteiger charge is 2.64. The van der Waals surface area contributed by atoms with E-state index >= 15 is 0 Å². The van der Waals surface area contributed by atoms with Crippen molar-refractivity contribution in [3.63, 3.8) is 0 Å². The third-order valence-electron chi connectivity index (χ3n) is 3.32. The molecule has 7 N–H and O–H groups in total. The van der Waals surface area contributed by atoms with Gasteiger partial charge in [0.05, 0.1) is 0 Å². The number of benzene rings is 1. The molecule has 2 atom stereocenters. The maximum absolute atomic E-state index is 12.5. The smallest absolute Gasteiger partial charge is 0.437 e. The third-order valence-corrected chi connectivity index (χ3v) is 3.32. The predicted molar refractivity (Wildman–Crippen MR) is 90.6 cm³/mol. The number of ether oxygens (including phenoxy) is 1. The van der Waals surface area contributed by atoms with Gasteiger partial charge in [-0.25, -0.2) is 14.4 Å². The number of nitrogens with two attached hydrogens (primary N) is 2. The fourth-order valence-electron chi connectivity index (χ4n) is 1.88. The summed E-state index contributed by atoms with van der Waals surface area (Å²) >= 11 is 0. The number of hydroxylamine groups is 2. The molecule has 1 rings (SSSR count). The number of hydrogen-bond donors (Lipinski definition) is 5. The van der Waals surface area contributed by atoms with Gasteiger partial charge in [0.25, 0.3) is 11.4 Å².